The number of hydrogen-bond acceptors (Lipinski definition) is 3. The minimum Gasteiger partial charge on any atom is -0.352 e. The van der Waals surface area contributed by atoms with E-state index in [1.807, 2.05) is 6.92 Å². The molecule has 0 radical (unpaired) electrons. The Labute approximate surface area is 127 Å². The van der Waals surface area contributed by atoms with Gasteiger partial charge in [0.05, 0.1) is 23.1 Å². The minimum atomic E-state index is -0.710. The predicted molar refractivity (Wildman–Crippen MR) is 81.1 cm³/mol. The first-order valence-corrected chi connectivity index (χ1v) is 7.05. The van der Waals surface area contributed by atoms with E-state index in [-0.39, 0.29) is 11.6 Å². The van der Waals surface area contributed by atoms with Gasteiger partial charge in [0, 0.05) is 18.8 Å². The lowest BCUT2D eigenvalue weighted by Crippen LogP contribution is -2.24. The SMILES string of the molecule is CCCCNC(=O)c1cncc(Nc2ccc(F)cc2F)c1. The fourth-order valence-corrected chi connectivity index (χ4v) is 1.86. The van der Waals surface area contributed by atoms with Crippen molar-refractivity contribution in [3.05, 3.63) is 53.9 Å². The van der Waals surface area contributed by atoms with Gasteiger partial charge in [-0.2, -0.15) is 0 Å². The second kappa shape index (κ2) is 7.49. The van der Waals surface area contributed by atoms with Crippen LogP contribution in [0.1, 0.15) is 30.1 Å². The number of carbonyl (C=O) groups is 1. The van der Waals surface area contributed by atoms with E-state index in [2.05, 4.69) is 15.6 Å². The molecule has 1 amide bonds. The maximum Gasteiger partial charge on any atom is 0.252 e. The number of nitrogens with zero attached hydrogens (tertiary/aromatic N) is 1. The summed E-state index contributed by atoms with van der Waals surface area (Å²) in [5.74, 6) is -1.59. The molecule has 6 heteroatoms. The largest absolute Gasteiger partial charge is 0.352 e. The minimum absolute atomic E-state index is 0.117. The van der Waals surface area contributed by atoms with Crippen molar-refractivity contribution in [3.63, 3.8) is 0 Å². The first kappa shape index (κ1) is 15.9. The summed E-state index contributed by atoms with van der Waals surface area (Å²) < 4.78 is 26.5. The molecule has 4 nitrogen and oxygen atoms in total. The lowest BCUT2D eigenvalue weighted by Gasteiger charge is -2.09. The lowest BCUT2D eigenvalue weighted by atomic mass is 10.2. The molecule has 1 heterocycles. The average Bonchev–Trinajstić information content (AvgIpc) is 2.50. The number of pyridine rings is 1. The number of unbranched alkanes of at least 4 members (excludes halogenated alkanes) is 1. The van der Waals surface area contributed by atoms with Crippen molar-refractivity contribution < 1.29 is 13.6 Å². The number of rotatable bonds is 6. The standard InChI is InChI=1S/C16H17F2N3O/c1-2-3-6-20-16(22)11-7-13(10-19-9-11)21-15-5-4-12(17)8-14(15)18/h4-5,7-10,21H,2-3,6H2,1H3,(H,20,22). The Morgan fingerprint density at radius 3 is 2.77 bits per heavy atom. The Kier molecular flexibility index (Phi) is 5.41. The molecule has 0 atom stereocenters. The summed E-state index contributed by atoms with van der Waals surface area (Å²) >= 11 is 0. The van der Waals surface area contributed by atoms with E-state index < -0.39 is 11.6 Å². The van der Waals surface area contributed by atoms with Gasteiger partial charge in [-0.1, -0.05) is 13.3 Å². The van der Waals surface area contributed by atoms with E-state index in [0.29, 0.717) is 17.8 Å². The molecule has 2 rings (SSSR count). The maximum absolute atomic E-state index is 13.6. The fraction of sp³-hybridized carbons (Fsp3) is 0.250. The number of amides is 1. The summed E-state index contributed by atoms with van der Waals surface area (Å²) in [7, 11) is 0. The molecule has 0 saturated heterocycles. The Morgan fingerprint density at radius 2 is 2.05 bits per heavy atom. The van der Waals surface area contributed by atoms with Crippen molar-refractivity contribution in [1.82, 2.24) is 10.3 Å². The van der Waals surface area contributed by atoms with Crippen LogP contribution in [-0.4, -0.2) is 17.4 Å². The van der Waals surface area contributed by atoms with E-state index in [1.165, 1.54) is 18.5 Å². The van der Waals surface area contributed by atoms with E-state index in [9.17, 15) is 13.6 Å². The Morgan fingerprint density at radius 1 is 1.23 bits per heavy atom. The molecular formula is C16H17F2N3O. The first-order chi connectivity index (χ1) is 10.6. The van der Waals surface area contributed by atoms with E-state index in [4.69, 9.17) is 0 Å². The van der Waals surface area contributed by atoms with Gasteiger partial charge in [-0.15, -0.1) is 0 Å². The monoisotopic (exact) mass is 305 g/mol. The van der Waals surface area contributed by atoms with E-state index in [1.54, 1.807) is 6.07 Å². The van der Waals surface area contributed by atoms with Crippen LogP contribution in [0.2, 0.25) is 0 Å². The van der Waals surface area contributed by atoms with E-state index in [0.717, 1.165) is 25.0 Å². The van der Waals surface area contributed by atoms with Gasteiger partial charge >= 0.3 is 0 Å². The van der Waals surface area contributed by atoms with Crippen molar-refractivity contribution >= 4 is 17.3 Å². The van der Waals surface area contributed by atoms with Crippen LogP contribution in [0.5, 0.6) is 0 Å². The number of hydrogen-bond donors (Lipinski definition) is 2. The highest BCUT2D eigenvalue weighted by Crippen LogP contribution is 2.20. The van der Waals surface area contributed by atoms with Gasteiger partial charge in [0.2, 0.25) is 0 Å². The second-order valence-electron chi connectivity index (χ2n) is 4.82. The van der Waals surface area contributed by atoms with Crippen LogP contribution in [0.3, 0.4) is 0 Å². The molecule has 0 aliphatic rings. The number of halogens is 2. The molecule has 0 unspecified atom stereocenters. The van der Waals surface area contributed by atoms with Crippen LogP contribution >= 0.6 is 0 Å². The Bertz CT molecular complexity index is 662. The number of nitrogens with one attached hydrogen (secondary N) is 2. The van der Waals surface area contributed by atoms with Gasteiger partial charge in [-0.05, 0) is 24.6 Å². The molecule has 0 saturated carbocycles. The van der Waals surface area contributed by atoms with Gasteiger partial charge in [-0.25, -0.2) is 8.78 Å². The number of carbonyl (C=O) groups excluding carboxylic acids is 1. The van der Waals surface area contributed by atoms with Crippen LogP contribution in [0.25, 0.3) is 0 Å². The van der Waals surface area contributed by atoms with Crippen LogP contribution in [0, 0.1) is 11.6 Å². The predicted octanol–water partition coefficient (Wildman–Crippen LogP) is 3.63. The molecule has 1 aromatic heterocycles. The van der Waals surface area contributed by atoms with Crippen molar-refractivity contribution in [2.75, 3.05) is 11.9 Å². The van der Waals surface area contributed by atoms with Crippen LogP contribution in [-0.2, 0) is 0 Å². The zero-order valence-electron chi connectivity index (χ0n) is 12.2. The third-order valence-corrected chi connectivity index (χ3v) is 3.03. The van der Waals surface area contributed by atoms with Crippen LogP contribution in [0.4, 0.5) is 20.2 Å². The molecule has 0 bridgehead atoms. The smallest absolute Gasteiger partial charge is 0.252 e. The third kappa shape index (κ3) is 4.25. The normalized spacial score (nSPS) is 10.3. The number of benzene rings is 1. The summed E-state index contributed by atoms with van der Waals surface area (Å²) in [6.45, 7) is 2.63. The molecule has 22 heavy (non-hydrogen) atoms. The third-order valence-electron chi connectivity index (χ3n) is 3.03. The Balaban J connectivity index is 2.09. The topological polar surface area (TPSA) is 54.0 Å². The quantitative estimate of drug-likeness (QED) is 0.801. The zero-order valence-corrected chi connectivity index (χ0v) is 12.2. The molecule has 0 fully saturated rings. The average molecular weight is 305 g/mol. The summed E-state index contributed by atoms with van der Waals surface area (Å²) in [6.07, 6.45) is 4.79. The summed E-state index contributed by atoms with van der Waals surface area (Å²) in [4.78, 5) is 15.9. The fourth-order valence-electron chi connectivity index (χ4n) is 1.86. The molecule has 2 aromatic rings. The van der Waals surface area contributed by atoms with Crippen LogP contribution < -0.4 is 10.6 Å². The van der Waals surface area contributed by atoms with Gasteiger partial charge in [0.1, 0.15) is 11.6 Å². The van der Waals surface area contributed by atoms with Gasteiger partial charge in [-0.3, -0.25) is 9.78 Å². The molecule has 0 aliphatic carbocycles. The van der Waals surface area contributed by atoms with Crippen molar-refractivity contribution in [2.24, 2.45) is 0 Å². The summed E-state index contributed by atoms with van der Waals surface area (Å²) in [5.41, 5.74) is 0.948. The zero-order chi connectivity index (χ0) is 15.9. The van der Waals surface area contributed by atoms with Gasteiger partial charge < -0.3 is 10.6 Å². The second-order valence-corrected chi connectivity index (χ2v) is 4.82. The molecule has 116 valence electrons. The van der Waals surface area contributed by atoms with Crippen molar-refractivity contribution in [2.45, 2.75) is 19.8 Å². The van der Waals surface area contributed by atoms with Crippen LogP contribution in [0.15, 0.2) is 36.7 Å². The number of aromatic nitrogens is 1. The summed E-state index contributed by atoms with van der Waals surface area (Å²) in [6, 6.07) is 4.80. The first-order valence-electron chi connectivity index (χ1n) is 7.05. The Hall–Kier alpha value is -2.50. The van der Waals surface area contributed by atoms with E-state index >= 15 is 0 Å². The molecule has 1 aromatic carbocycles. The summed E-state index contributed by atoms with van der Waals surface area (Å²) in [5, 5.41) is 5.56. The highest BCUT2D eigenvalue weighted by Gasteiger charge is 2.08. The highest BCUT2D eigenvalue weighted by atomic mass is 19.1. The molecule has 0 aliphatic heterocycles. The van der Waals surface area contributed by atoms with Gasteiger partial charge in [0.25, 0.3) is 5.91 Å². The van der Waals surface area contributed by atoms with Crippen molar-refractivity contribution in [1.29, 1.82) is 0 Å². The van der Waals surface area contributed by atoms with Gasteiger partial charge in [0.15, 0.2) is 0 Å². The number of anilines is 2. The maximum atomic E-state index is 13.6. The molecule has 0 spiro atoms. The lowest BCUT2D eigenvalue weighted by molar-refractivity contribution is 0.0953. The van der Waals surface area contributed by atoms with Crippen molar-refractivity contribution in [3.8, 4) is 0 Å². The molecule has 2 N–H and O–H groups in total. The highest BCUT2D eigenvalue weighted by molar-refractivity contribution is 5.94. The molecular weight excluding hydrogens is 288 g/mol.